The third-order valence-corrected chi connectivity index (χ3v) is 3.54. The lowest BCUT2D eigenvalue weighted by Gasteiger charge is -2.07. The number of nitrogens with zero attached hydrogens (tertiary/aromatic N) is 1. The molecule has 92 valence electrons. The van der Waals surface area contributed by atoms with Gasteiger partial charge in [-0.2, -0.15) is 0 Å². The molecule has 1 aliphatic rings. The van der Waals surface area contributed by atoms with E-state index < -0.39 is 0 Å². The zero-order valence-electron chi connectivity index (χ0n) is 10.8. The van der Waals surface area contributed by atoms with Gasteiger partial charge in [0.25, 0.3) is 0 Å². The first-order chi connectivity index (χ1) is 8.78. The number of aryl methyl sites for hydroxylation is 1. The highest BCUT2D eigenvalue weighted by molar-refractivity contribution is 5.62. The van der Waals surface area contributed by atoms with E-state index in [4.69, 9.17) is 4.74 Å². The number of aromatic nitrogens is 1. The van der Waals surface area contributed by atoms with Gasteiger partial charge in [-0.25, -0.2) is 0 Å². The van der Waals surface area contributed by atoms with Gasteiger partial charge in [0.1, 0.15) is 5.75 Å². The van der Waals surface area contributed by atoms with Crippen LogP contribution in [0.1, 0.15) is 29.9 Å². The molecule has 1 heterocycles. The molecule has 1 aliphatic carbocycles. The molecule has 0 atom stereocenters. The summed E-state index contributed by atoms with van der Waals surface area (Å²) < 4.78 is 5.35. The molecule has 1 aromatic carbocycles. The number of rotatable bonds is 3. The van der Waals surface area contributed by atoms with Crippen molar-refractivity contribution in [2.24, 2.45) is 0 Å². The maximum Gasteiger partial charge on any atom is 0.122 e. The van der Waals surface area contributed by atoms with E-state index in [1.54, 1.807) is 7.11 Å². The minimum absolute atomic E-state index is 0.763. The van der Waals surface area contributed by atoms with Gasteiger partial charge in [0, 0.05) is 11.8 Å². The Bertz CT molecular complexity index is 556. The van der Waals surface area contributed by atoms with Crippen molar-refractivity contribution < 1.29 is 4.74 Å². The van der Waals surface area contributed by atoms with Crippen molar-refractivity contribution >= 4 is 0 Å². The Morgan fingerprint density at radius 2 is 2.00 bits per heavy atom. The first-order valence-electron chi connectivity index (χ1n) is 6.39. The zero-order valence-corrected chi connectivity index (χ0v) is 10.8. The van der Waals surface area contributed by atoms with Crippen LogP contribution in [0.25, 0.3) is 11.3 Å². The molecule has 0 spiro atoms. The second kappa shape index (κ2) is 4.45. The molecular weight excluding hydrogens is 222 g/mol. The first kappa shape index (κ1) is 11.3. The summed E-state index contributed by atoms with van der Waals surface area (Å²) >= 11 is 0. The second-order valence-electron chi connectivity index (χ2n) is 4.94. The van der Waals surface area contributed by atoms with E-state index >= 15 is 0 Å². The van der Waals surface area contributed by atoms with Crippen molar-refractivity contribution in [3.05, 3.63) is 47.7 Å². The van der Waals surface area contributed by atoms with E-state index in [2.05, 4.69) is 35.3 Å². The molecule has 0 N–H and O–H groups in total. The minimum Gasteiger partial charge on any atom is -0.496 e. The third kappa shape index (κ3) is 2.10. The van der Waals surface area contributed by atoms with E-state index in [1.807, 2.05) is 13.1 Å². The van der Waals surface area contributed by atoms with Crippen molar-refractivity contribution in [1.29, 1.82) is 0 Å². The van der Waals surface area contributed by atoms with Crippen LogP contribution in [0.2, 0.25) is 0 Å². The van der Waals surface area contributed by atoms with Gasteiger partial charge < -0.3 is 4.74 Å². The number of hydrogen-bond donors (Lipinski definition) is 0. The smallest absolute Gasteiger partial charge is 0.122 e. The molecule has 18 heavy (non-hydrogen) atoms. The van der Waals surface area contributed by atoms with Gasteiger partial charge in [-0.15, -0.1) is 0 Å². The van der Waals surface area contributed by atoms with E-state index in [1.165, 1.54) is 18.4 Å². The van der Waals surface area contributed by atoms with Crippen LogP contribution < -0.4 is 4.74 Å². The molecule has 0 bridgehead atoms. The molecular formula is C16H17NO. The quantitative estimate of drug-likeness (QED) is 0.809. The van der Waals surface area contributed by atoms with Gasteiger partial charge in [0.05, 0.1) is 12.8 Å². The van der Waals surface area contributed by atoms with Crippen molar-refractivity contribution in [3.8, 4) is 17.0 Å². The minimum atomic E-state index is 0.763. The van der Waals surface area contributed by atoms with E-state index in [0.717, 1.165) is 28.5 Å². The number of methoxy groups -OCH3 is 1. The predicted octanol–water partition coefficient (Wildman–Crippen LogP) is 3.94. The highest BCUT2D eigenvalue weighted by Gasteiger charge is 2.23. The summed E-state index contributed by atoms with van der Waals surface area (Å²) in [7, 11) is 1.70. The Morgan fingerprint density at radius 3 is 2.61 bits per heavy atom. The van der Waals surface area contributed by atoms with E-state index in [0.29, 0.717) is 0 Å². The molecule has 0 amide bonds. The van der Waals surface area contributed by atoms with Crippen LogP contribution in [0.3, 0.4) is 0 Å². The lowest BCUT2D eigenvalue weighted by molar-refractivity contribution is 0.412. The molecule has 0 unspecified atom stereocenters. The summed E-state index contributed by atoms with van der Waals surface area (Å²) in [6, 6.07) is 10.5. The molecule has 1 fully saturated rings. The first-order valence-corrected chi connectivity index (χ1v) is 6.39. The van der Waals surface area contributed by atoms with Gasteiger partial charge in [0.15, 0.2) is 0 Å². The normalized spacial score (nSPS) is 14.6. The average molecular weight is 239 g/mol. The number of ether oxygens (including phenoxy) is 1. The summed E-state index contributed by atoms with van der Waals surface area (Å²) in [6.07, 6.45) is 4.65. The van der Waals surface area contributed by atoms with Crippen LogP contribution in [0, 0.1) is 6.92 Å². The van der Waals surface area contributed by atoms with Crippen LogP contribution in [-0.2, 0) is 0 Å². The summed E-state index contributed by atoms with van der Waals surface area (Å²) in [5, 5.41) is 0. The monoisotopic (exact) mass is 239 g/mol. The summed E-state index contributed by atoms with van der Waals surface area (Å²) in [5.41, 5.74) is 4.64. The van der Waals surface area contributed by atoms with Crippen LogP contribution >= 0.6 is 0 Å². The van der Waals surface area contributed by atoms with Crippen LogP contribution in [0.15, 0.2) is 36.5 Å². The number of benzene rings is 1. The molecule has 0 radical (unpaired) electrons. The Morgan fingerprint density at radius 1 is 1.17 bits per heavy atom. The molecule has 3 rings (SSSR count). The van der Waals surface area contributed by atoms with Crippen LogP contribution in [0.4, 0.5) is 0 Å². The Labute approximate surface area is 108 Å². The molecule has 0 aliphatic heterocycles. The molecule has 1 saturated carbocycles. The van der Waals surface area contributed by atoms with Crippen LogP contribution in [0.5, 0.6) is 5.75 Å². The maximum atomic E-state index is 5.35. The zero-order chi connectivity index (χ0) is 12.5. The molecule has 1 aromatic heterocycles. The van der Waals surface area contributed by atoms with Crippen molar-refractivity contribution in [2.75, 3.05) is 7.11 Å². The Balaban J connectivity index is 1.93. The van der Waals surface area contributed by atoms with Gasteiger partial charge in [-0.05, 0) is 48.9 Å². The summed E-state index contributed by atoms with van der Waals surface area (Å²) in [4.78, 5) is 4.56. The second-order valence-corrected chi connectivity index (χ2v) is 4.94. The van der Waals surface area contributed by atoms with Gasteiger partial charge >= 0.3 is 0 Å². The standard InChI is InChI=1S/C16H17NO/c1-11-3-4-13(9-16(11)18-2)15-8-7-14(10-17-15)12-5-6-12/h3-4,7-10,12H,5-6H2,1-2H3. The maximum absolute atomic E-state index is 5.35. The topological polar surface area (TPSA) is 22.1 Å². The fourth-order valence-electron chi connectivity index (χ4n) is 2.21. The fourth-order valence-corrected chi connectivity index (χ4v) is 2.21. The number of hydrogen-bond acceptors (Lipinski definition) is 2. The largest absolute Gasteiger partial charge is 0.496 e. The lowest BCUT2D eigenvalue weighted by Crippen LogP contribution is -1.90. The highest BCUT2D eigenvalue weighted by Crippen LogP contribution is 2.40. The van der Waals surface area contributed by atoms with E-state index in [-0.39, 0.29) is 0 Å². The van der Waals surface area contributed by atoms with E-state index in [9.17, 15) is 0 Å². The third-order valence-electron chi connectivity index (χ3n) is 3.54. The van der Waals surface area contributed by atoms with Gasteiger partial charge in [0.2, 0.25) is 0 Å². The summed E-state index contributed by atoms with van der Waals surface area (Å²) in [5.74, 6) is 1.68. The van der Waals surface area contributed by atoms with Crippen molar-refractivity contribution in [1.82, 2.24) is 4.98 Å². The van der Waals surface area contributed by atoms with Gasteiger partial charge in [-0.3, -0.25) is 4.98 Å². The van der Waals surface area contributed by atoms with Crippen LogP contribution in [-0.4, -0.2) is 12.1 Å². The van der Waals surface area contributed by atoms with Crippen molar-refractivity contribution in [2.45, 2.75) is 25.7 Å². The average Bonchev–Trinajstić information content (AvgIpc) is 3.24. The fraction of sp³-hybridized carbons (Fsp3) is 0.312. The van der Waals surface area contributed by atoms with Gasteiger partial charge in [-0.1, -0.05) is 18.2 Å². The predicted molar refractivity (Wildman–Crippen MR) is 72.9 cm³/mol. The molecule has 2 aromatic rings. The Hall–Kier alpha value is -1.83. The molecule has 2 heteroatoms. The SMILES string of the molecule is COc1cc(-c2ccc(C3CC3)cn2)ccc1C. The molecule has 0 saturated heterocycles. The molecule has 2 nitrogen and oxygen atoms in total. The lowest BCUT2D eigenvalue weighted by atomic mass is 10.1. The number of pyridine rings is 1. The highest BCUT2D eigenvalue weighted by atomic mass is 16.5. The summed E-state index contributed by atoms with van der Waals surface area (Å²) in [6.45, 7) is 2.05. The van der Waals surface area contributed by atoms with Crippen molar-refractivity contribution in [3.63, 3.8) is 0 Å². The Kier molecular flexibility index (Phi) is 2.78.